The molecule has 0 aliphatic heterocycles. The zero-order valence-electron chi connectivity index (χ0n) is 11.4. The van der Waals surface area contributed by atoms with Gasteiger partial charge in [-0.3, -0.25) is 0 Å². The highest BCUT2D eigenvalue weighted by molar-refractivity contribution is 6.32. The first kappa shape index (κ1) is 13.9. The van der Waals surface area contributed by atoms with Crippen molar-refractivity contribution in [3.05, 3.63) is 40.0 Å². The number of ether oxygens (including phenoxy) is 1. The van der Waals surface area contributed by atoms with Gasteiger partial charge < -0.3 is 10.5 Å². The fraction of sp³-hybridized carbons (Fsp3) is 0.357. The molecule has 0 unspecified atom stereocenters. The molecule has 0 spiro atoms. The zero-order chi connectivity index (χ0) is 14.0. The molecule has 0 amide bonds. The van der Waals surface area contributed by atoms with Gasteiger partial charge in [-0.25, -0.2) is 4.68 Å². The zero-order valence-corrected chi connectivity index (χ0v) is 12.2. The largest absolute Gasteiger partial charge is 0.437 e. The van der Waals surface area contributed by atoms with Crippen molar-refractivity contribution in [2.75, 3.05) is 6.54 Å². The van der Waals surface area contributed by atoms with Gasteiger partial charge in [-0.05, 0) is 44.5 Å². The standard InChI is InChI=1S/C14H18ClN3O/c1-9-4-5-13(12(15)8-9)19-14-11(6-7-16)10(2)17-18(14)3/h4-5,8H,6-7,16H2,1-3H3. The van der Waals surface area contributed by atoms with E-state index in [0.29, 0.717) is 23.2 Å². The molecular formula is C14H18ClN3O. The van der Waals surface area contributed by atoms with Gasteiger partial charge in [0.1, 0.15) is 5.75 Å². The molecule has 1 aromatic carbocycles. The smallest absolute Gasteiger partial charge is 0.221 e. The number of rotatable bonds is 4. The lowest BCUT2D eigenvalue weighted by atomic mass is 10.2. The summed E-state index contributed by atoms with van der Waals surface area (Å²) in [6.07, 6.45) is 0.735. The predicted octanol–water partition coefficient (Wildman–Crippen LogP) is 2.98. The van der Waals surface area contributed by atoms with E-state index >= 15 is 0 Å². The molecule has 1 aromatic heterocycles. The van der Waals surface area contributed by atoms with Crippen molar-refractivity contribution in [3.8, 4) is 11.6 Å². The average molecular weight is 280 g/mol. The molecule has 1 heterocycles. The second-order valence-electron chi connectivity index (χ2n) is 4.57. The molecule has 0 aliphatic carbocycles. The molecular weight excluding hydrogens is 262 g/mol. The molecule has 0 fully saturated rings. The van der Waals surface area contributed by atoms with E-state index < -0.39 is 0 Å². The Kier molecular flexibility index (Phi) is 4.12. The Bertz CT molecular complexity index is 593. The van der Waals surface area contributed by atoms with Gasteiger partial charge in [0, 0.05) is 12.6 Å². The maximum atomic E-state index is 6.19. The Labute approximate surface area is 118 Å². The Morgan fingerprint density at radius 1 is 1.37 bits per heavy atom. The topological polar surface area (TPSA) is 53.1 Å². The van der Waals surface area contributed by atoms with Crippen molar-refractivity contribution in [2.24, 2.45) is 12.8 Å². The number of nitrogens with zero attached hydrogens (tertiary/aromatic N) is 2. The van der Waals surface area contributed by atoms with Crippen molar-refractivity contribution in [2.45, 2.75) is 20.3 Å². The summed E-state index contributed by atoms with van der Waals surface area (Å²) >= 11 is 6.19. The van der Waals surface area contributed by atoms with Crippen LogP contribution in [-0.2, 0) is 13.5 Å². The first-order chi connectivity index (χ1) is 9.02. The summed E-state index contributed by atoms with van der Waals surface area (Å²) in [6, 6.07) is 5.71. The molecule has 0 bridgehead atoms. The van der Waals surface area contributed by atoms with E-state index in [4.69, 9.17) is 22.1 Å². The summed E-state index contributed by atoms with van der Waals surface area (Å²) in [5.74, 6) is 1.34. The minimum Gasteiger partial charge on any atom is -0.437 e. The van der Waals surface area contributed by atoms with Gasteiger partial charge in [0.2, 0.25) is 5.88 Å². The quantitative estimate of drug-likeness (QED) is 0.936. The van der Waals surface area contributed by atoms with Gasteiger partial charge in [0.25, 0.3) is 0 Å². The van der Waals surface area contributed by atoms with Crippen LogP contribution >= 0.6 is 11.6 Å². The minimum atomic E-state index is 0.560. The van der Waals surface area contributed by atoms with E-state index in [0.717, 1.165) is 23.2 Å². The van der Waals surface area contributed by atoms with Gasteiger partial charge in [-0.2, -0.15) is 5.10 Å². The van der Waals surface area contributed by atoms with E-state index in [1.54, 1.807) is 4.68 Å². The van der Waals surface area contributed by atoms with Crippen molar-refractivity contribution in [1.82, 2.24) is 9.78 Å². The number of benzene rings is 1. The van der Waals surface area contributed by atoms with Crippen molar-refractivity contribution in [3.63, 3.8) is 0 Å². The number of nitrogens with two attached hydrogens (primary N) is 1. The predicted molar refractivity (Wildman–Crippen MR) is 77.0 cm³/mol. The summed E-state index contributed by atoms with van der Waals surface area (Å²) in [4.78, 5) is 0. The molecule has 5 heteroatoms. The van der Waals surface area contributed by atoms with Gasteiger partial charge in [0.05, 0.1) is 10.7 Å². The Hall–Kier alpha value is -1.52. The van der Waals surface area contributed by atoms with Gasteiger partial charge in [-0.1, -0.05) is 17.7 Å². The lowest BCUT2D eigenvalue weighted by Crippen LogP contribution is -2.05. The molecule has 2 N–H and O–H groups in total. The number of hydrogen-bond donors (Lipinski definition) is 1. The molecule has 4 nitrogen and oxygen atoms in total. The molecule has 102 valence electrons. The SMILES string of the molecule is Cc1ccc(Oc2c(CCN)c(C)nn2C)c(Cl)c1. The second-order valence-corrected chi connectivity index (χ2v) is 4.97. The van der Waals surface area contributed by atoms with Crippen LogP contribution < -0.4 is 10.5 Å². The van der Waals surface area contributed by atoms with Crippen molar-refractivity contribution in [1.29, 1.82) is 0 Å². The fourth-order valence-electron chi connectivity index (χ4n) is 2.03. The van der Waals surface area contributed by atoms with E-state index in [9.17, 15) is 0 Å². The highest BCUT2D eigenvalue weighted by Crippen LogP contribution is 2.32. The third kappa shape index (κ3) is 2.91. The molecule has 2 aromatic rings. The third-order valence-corrected chi connectivity index (χ3v) is 3.27. The normalized spacial score (nSPS) is 10.8. The van der Waals surface area contributed by atoms with E-state index in [2.05, 4.69) is 5.10 Å². The van der Waals surface area contributed by atoms with Crippen LogP contribution in [0.25, 0.3) is 0 Å². The molecule has 0 radical (unpaired) electrons. The molecule has 2 rings (SSSR count). The fourth-order valence-corrected chi connectivity index (χ4v) is 2.31. The van der Waals surface area contributed by atoms with E-state index in [1.165, 1.54) is 0 Å². The number of aryl methyl sites for hydroxylation is 3. The maximum absolute atomic E-state index is 6.19. The maximum Gasteiger partial charge on any atom is 0.221 e. The van der Waals surface area contributed by atoms with Gasteiger partial charge in [0.15, 0.2) is 0 Å². The van der Waals surface area contributed by atoms with E-state index in [1.807, 2.05) is 39.1 Å². The molecule has 0 aliphatic rings. The average Bonchev–Trinajstić information content (AvgIpc) is 2.60. The van der Waals surface area contributed by atoms with Crippen molar-refractivity contribution >= 4 is 11.6 Å². The molecule has 0 saturated carbocycles. The van der Waals surface area contributed by atoms with Crippen LogP contribution in [0.4, 0.5) is 0 Å². The summed E-state index contributed by atoms with van der Waals surface area (Å²) in [7, 11) is 1.85. The molecule has 0 saturated heterocycles. The van der Waals surface area contributed by atoms with Gasteiger partial charge in [-0.15, -0.1) is 0 Å². The first-order valence-electron chi connectivity index (χ1n) is 6.19. The first-order valence-corrected chi connectivity index (χ1v) is 6.57. The van der Waals surface area contributed by atoms with Crippen LogP contribution in [0.5, 0.6) is 11.6 Å². The number of aromatic nitrogens is 2. The van der Waals surface area contributed by atoms with Crippen LogP contribution in [-0.4, -0.2) is 16.3 Å². The highest BCUT2D eigenvalue weighted by atomic mass is 35.5. The second kappa shape index (κ2) is 5.63. The Balaban J connectivity index is 2.37. The number of halogens is 1. The summed E-state index contributed by atoms with van der Waals surface area (Å²) in [5, 5.41) is 4.96. The molecule has 19 heavy (non-hydrogen) atoms. The van der Waals surface area contributed by atoms with Crippen LogP contribution in [0.1, 0.15) is 16.8 Å². The van der Waals surface area contributed by atoms with Crippen LogP contribution in [0, 0.1) is 13.8 Å². The summed E-state index contributed by atoms with van der Waals surface area (Å²) in [6.45, 7) is 4.50. The van der Waals surface area contributed by atoms with Crippen LogP contribution in [0.15, 0.2) is 18.2 Å². The molecule has 0 atom stereocenters. The monoisotopic (exact) mass is 279 g/mol. The van der Waals surface area contributed by atoms with Crippen molar-refractivity contribution < 1.29 is 4.74 Å². The summed E-state index contributed by atoms with van der Waals surface area (Å²) in [5.41, 5.74) is 8.70. The Morgan fingerprint density at radius 3 is 2.74 bits per heavy atom. The van der Waals surface area contributed by atoms with Gasteiger partial charge >= 0.3 is 0 Å². The Morgan fingerprint density at radius 2 is 2.11 bits per heavy atom. The van der Waals surface area contributed by atoms with E-state index in [-0.39, 0.29) is 0 Å². The third-order valence-electron chi connectivity index (χ3n) is 2.98. The lowest BCUT2D eigenvalue weighted by Gasteiger charge is -2.10. The summed E-state index contributed by atoms with van der Waals surface area (Å²) < 4.78 is 7.63. The van der Waals surface area contributed by atoms with Crippen LogP contribution in [0.3, 0.4) is 0 Å². The minimum absolute atomic E-state index is 0.560. The lowest BCUT2D eigenvalue weighted by molar-refractivity contribution is 0.426. The highest BCUT2D eigenvalue weighted by Gasteiger charge is 2.15. The van der Waals surface area contributed by atoms with Crippen LogP contribution in [0.2, 0.25) is 5.02 Å². The number of hydrogen-bond acceptors (Lipinski definition) is 3.